The van der Waals surface area contributed by atoms with Crippen LogP contribution in [0.1, 0.15) is 32.7 Å². The molecule has 0 radical (unpaired) electrons. The van der Waals surface area contributed by atoms with E-state index in [9.17, 15) is 9.59 Å². The smallest absolute Gasteiger partial charge is 0.345 e. The van der Waals surface area contributed by atoms with Crippen LogP contribution in [-0.2, 0) is 4.74 Å². The molecule has 1 aliphatic heterocycles. The molecule has 1 amide bonds. The number of thiophene rings is 1. The van der Waals surface area contributed by atoms with Crippen LogP contribution in [0.5, 0.6) is 0 Å². The molecule has 1 saturated heterocycles. The van der Waals surface area contributed by atoms with Gasteiger partial charge >= 0.3 is 5.97 Å². The van der Waals surface area contributed by atoms with E-state index >= 15 is 0 Å². The number of nitrogens with zero attached hydrogens (tertiary/aromatic N) is 1. The SMILES string of the molecule is CCC1CN(C(=O)c2ccc(C(=O)O)s2)CCO1. The van der Waals surface area contributed by atoms with E-state index in [1.54, 1.807) is 11.0 Å². The minimum Gasteiger partial charge on any atom is -0.477 e. The van der Waals surface area contributed by atoms with Gasteiger partial charge in [0.15, 0.2) is 0 Å². The van der Waals surface area contributed by atoms with Crippen molar-refractivity contribution in [1.82, 2.24) is 4.90 Å². The highest BCUT2D eigenvalue weighted by atomic mass is 32.1. The minimum absolute atomic E-state index is 0.0848. The molecule has 1 unspecified atom stereocenters. The predicted octanol–water partition coefficient (Wildman–Crippen LogP) is 1.70. The molecule has 98 valence electrons. The summed E-state index contributed by atoms with van der Waals surface area (Å²) in [5.41, 5.74) is 0. The summed E-state index contributed by atoms with van der Waals surface area (Å²) in [6, 6.07) is 3.05. The average Bonchev–Trinajstić information content (AvgIpc) is 2.87. The Morgan fingerprint density at radius 1 is 1.50 bits per heavy atom. The van der Waals surface area contributed by atoms with Crippen molar-refractivity contribution in [2.45, 2.75) is 19.4 Å². The molecule has 0 spiro atoms. The summed E-state index contributed by atoms with van der Waals surface area (Å²) < 4.78 is 5.50. The van der Waals surface area contributed by atoms with Gasteiger partial charge < -0.3 is 14.7 Å². The van der Waals surface area contributed by atoms with E-state index in [4.69, 9.17) is 9.84 Å². The molecule has 1 aromatic heterocycles. The Morgan fingerprint density at radius 3 is 2.83 bits per heavy atom. The third-order valence-electron chi connectivity index (χ3n) is 2.91. The topological polar surface area (TPSA) is 66.8 Å². The monoisotopic (exact) mass is 269 g/mol. The quantitative estimate of drug-likeness (QED) is 0.907. The Labute approximate surface area is 109 Å². The third-order valence-corrected chi connectivity index (χ3v) is 3.97. The van der Waals surface area contributed by atoms with E-state index < -0.39 is 5.97 Å². The molecule has 5 nitrogen and oxygen atoms in total. The Morgan fingerprint density at radius 2 is 2.22 bits per heavy atom. The van der Waals surface area contributed by atoms with Gasteiger partial charge in [0.2, 0.25) is 0 Å². The van der Waals surface area contributed by atoms with Crippen molar-refractivity contribution in [2.75, 3.05) is 19.7 Å². The molecule has 6 heteroatoms. The number of amides is 1. The third kappa shape index (κ3) is 2.70. The van der Waals surface area contributed by atoms with Crippen LogP contribution in [0.4, 0.5) is 0 Å². The van der Waals surface area contributed by atoms with Crippen LogP contribution < -0.4 is 0 Å². The molecular formula is C12H15NO4S. The Kier molecular flexibility index (Phi) is 3.98. The van der Waals surface area contributed by atoms with Crippen LogP contribution in [0.3, 0.4) is 0 Å². The summed E-state index contributed by atoms with van der Waals surface area (Å²) in [6.07, 6.45) is 0.954. The molecule has 1 aromatic rings. The number of ether oxygens (including phenoxy) is 1. The van der Waals surface area contributed by atoms with Crippen molar-refractivity contribution in [3.63, 3.8) is 0 Å². The molecule has 2 rings (SSSR count). The van der Waals surface area contributed by atoms with Crippen LogP contribution >= 0.6 is 11.3 Å². The molecule has 0 aliphatic carbocycles. The fourth-order valence-corrected chi connectivity index (χ4v) is 2.69. The first kappa shape index (κ1) is 13.0. The zero-order valence-corrected chi connectivity index (χ0v) is 10.9. The van der Waals surface area contributed by atoms with Crippen LogP contribution in [0.25, 0.3) is 0 Å². The maximum atomic E-state index is 12.2. The number of rotatable bonds is 3. The lowest BCUT2D eigenvalue weighted by atomic mass is 10.2. The predicted molar refractivity (Wildman–Crippen MR) is 67.2 cm³/mol. The zero-order valence-electron chi connectivity index (χ0n) is 10.1. The Balaban J connectivity index is 2.07. The first-order valence-corrected chi connectivity index (χ1v) is 6.67. The van der Waals surface area contributed by atoms with Gasteiger partial charge in [-0.25, -0.2) is 4.79 Å². The van der Waals surface area contributed by atoms with E-state index in [1.165, 1.54) is 6.07 Å². The van der Waals surface area contributed by atoms with Gasteiger partial charge in [-0.15, -0.1) is 11.3 Å². The van der Waals surface area contributed by atoms with Crippen molar-refractivity contribution in [1.29, 1.82) is 0 Å². The molecule has 0 bridgehead atoms. The second-order valence-electron chi connectivity index (χ2n) is 4.12. The van der Waals surface area contributed by atoms with Crippen molar-refractivity contribution >= 4 is 23.2 Å². The van der Waals surface area contributed by atoms with E-state index in [0.29, 0.717) is 24.6 Å². The van der Waals surface area contributed by atoms with Crippen LogP contribution in [0.2, 0.25) is 0 Å². The summed E-state index contributed by atoms with van der Waals surface area (Å²) in [4.78, 5) is 25.4. The summed E-state index contributed by atoms with van der Waals surface area (Å²) in [5, 5.41) is 8.84. The number of carbonyl (C=O) groups excluding carboxylic acids is 1. The number of carbonyl (C=O) groups is 2. The lowest BCUT2D eigenvalue weighted by Gasteiger charge is -2.32. The standard InChI is InChI=1S/C12H15NO4S/c1-2-8-7-13(5-6-17-8)11(14)9-3-4-10(18-9)12(15)16/h3-4,8H,2,5-7H2,1H3,(H,15,16). The molecular weight excluding hydrogens is 254 g/mol. The fourth-order valence-electron chi connectivity index (χ4n) is 1.87. The second-order valence-corrected chi connectivity index (χ2v) is 5.21. The van der Waals surface area contributed by atoms with Crippen LogP contribution in [0, 0.1) is 0 Å². The zero-order chi connectivity index (χ0) is 13.1. The highest BCUT2D eigenvalue weighted by molar-refractivity contribution is 7.15. The number of carboxylic acid groups (broad SMARTS) is 1. The molecule has 1 fully saturated rings. The number of hydrogen-bond donors (Lipinski definition) is 1. The van der Waals surface area contributed by atoms with Gasteiger partial charge in [0.05, 0.1) is 17.6 Å². The second kappa shape index (κ2) is 5.49. The van der Waals surface area contributed by atoms with Crippen molar-refractivity contribution in [3.8, 4) is 0 Å². The average molecular weight is 269 g/mol. The highest BCUT2D eigenvalue weighted by Gasteiger charge is 2.25. The number of morpholine rings is 1. The largest absolute Gasteiger partial charge is 0.477 e. The molecule has 0 saturated carbocycles. The van der Waals surface area contributed by atoms with Gasteiger partial charge in [0.1, 0.15) is 4.88 Å². The van der Waals surface area contributed by atoms with Crippen molar-refractivity contribution in [2.24, 2.45) is 0 Å². The van der Waals surface area contributed by atoms with Gasteiger partial charge in [-0.3, -0.25) is 4.79 Å². The van der Waals surface area contributed by atoms with Crippen LogP contribution in [0.15, 0.2) is 12.1 Å². The number of carboxylic acids is 1. The van der Waals surface area contributed by atoms with E-state index in [0.717, 1.165) is 17.8 Å². The molecule has 0 aromatic carbocycles. The lowest BCUT2D eigenvalue weighted by Crippen LogP contribution is -2.45. The normalized spacial score (nSPS) is 19.8. The van der Waals surface area contributed by atoms with Gasteiger partial charge in [-0.05, 0) is 18.6 Å². The van der Waals surface area contributed by atoms with Crippen molar-refractivity contribution in [3.05, 3.63) is 21.9 Å². The summed E-state index contributed by atoms with van der Waals surface area (Å²) in [7, 11) is 0. The lowest BCUT2D eigenvalue weighted by molar-refractivity contribution is -0.0224. The van der Waals surface area contributed by atoms with Gasteiger partial charge in [-0.1, -0.05) is 6.92 Å². The Hall–Kier alpha value is -1.40. The van der Waals surface area contributed by atoms with Gasteiger partial charge in [0.25, 0.3) is 5.91 Å². The summed E-state index contributed by atoms with van der Waals surface area (Å²) in [6.45, 7) is 3.71. The molecule has 1 N–H and O–H groups in total. The van der Waals surface area contributed by atoms with Gasteiger partial charge in [0, 0.05) is 13.1 Å². The van der Waals surface area contributed by atoms with E-state index in [-0.39, 0.29) is 16.9 Å². The van der Waals surface area contributed by atoms with Gasteiger partial charge in [-0.2, -0.15) is 0 Å². The molecule has 1 atom stereocenters. The highest BCUT2D eigenvalue weighted by Crippen LogP contribution is 2.20. The Bertz CT molecular complexity index is 457. The van der Waals surface area contributed by atoms with Crippen molar-refractivity contribution < 1.29 is 19.4 Å². The van der Waals surface area contributed by atoms with Crippen LogP contribution in [-0.4, -0.2) is 47.7 Å². The first-order valence-electron chi connectivity index (χ1n) is 5.85. The summed E-state index contributed by atoms with van der Waals surface area (Å²) in [5.74, 6) is -1.10. The molecule has 1 aliphatic rings. The van der Waals surface area contributed by atoms with E-state index in [2.05, 4.69) is 0 Å². The van der Waals surface area contributed by atoms with E-state index in [1.807, 2.05) is 6.92 Å². The maximum Gasteiger partial charge on any atom is 0.345 e. The molecule has 18 heavy (non-hydrogen) atoms. The number of aromatic carboxylic acids is 1. The molecule has 2 heterocycles. The minimum atomic E-state index is -0.993. The maximum absolute atomic E-state index is 12.2. The summed E-state index contributed by atoms with van der Waals surface area (Å²) >= 11 is 1.02. The number of hydrogen-bond acceptors (Lipinski definition) is 4. The first-order chi connectivity index (χ1) is 8.61. The fraction of sp³-hybridized carbons (Fsp3) is 0.500.